The van der Waals surface area contributed by atoms with Crippen LogP contribution in [0.1, 0.15) is 11.4 Å². The fourth-order valence-corrected chi connectivity index (χ4v) is 4.54. The quantitative estimate of drug-likeness (QED) is 0.434. The SMILES string of the molecule is Cn1c(COc2cccc3cccnc23)nnc1SCC(=O)N1CCc2ccccc21. The minimum absolute atomic E-state index is 0.0811. The molecule has 0 atom stereocenters. The first-order valence-electron chi connectivity index (χ1n) is 10.1. The van der Waals surface area contributed by atoms with Gasteiger partial charge in [-0.1, -0.05) is 48.2 Å². The van der Waals surface area contributed by atoms with Crippen LogP contribution in [-0.4, -0.2) is 38.0 Å². The number of carbonyl (C=O) groups is 1. The zero-order chi connectivity index (χ0) is 21.2. The van der Waals surface area contributed by atoms with Crippen LogP contribution in [0.4, 0.5) is 5.69 Å². The lowest BCUT2D eigenvalue weighted by Gasteiger charge is -2.16. The van der Waals surface area contributed by atoms with Gasteiger partial charge >= 0.3 is 0 Å². The first-order valence-corrected chi connectivity index (χ1v) is 11.0. The average Bonchev–Trinajstić information content (AvgIpc) is 3.39. The van der Waals surface area contributed by atoms with Gasteiger partial charge in [-0.2, -0.15) is 0 Å². The van der Waals surface area contributed by atoms with Gasteiger partial charge in [0.2, 0.25) is 5.91 Å². The van der Waals surface area contributed by atoms with Gasteiger partial charge in [0.15, 0.2) is 11.0 Å². The molecule has 0 bridgehead atoms. The molecule has 3 heterocycles. The highest BCUT2D eigenvalue weighted by molar-refractivity contribution is 7.99. The Hall–Kier alpha value is -3.39. The number of ether oxygens (including phenoxy) is 1. The lowest BCUT2D eigenvalue weighted by atomic mass is 10.2. The number of hydrogen-bond acceptors (Lipinski definition) is 6. The molecule has 0 saturated heterocycles. The van der Waals surface area contributed by atoms with Crippen LogP contribution in [0.15, 0.2) is 66.0 Å². The molecule has 8 heteroatoms. The minimum atomic E-state index is 0.0811. The molecular formula is C23H21N5O2S. The molecule has 0 fully saturated rings. The Balaban J connectivity index is 1.23. The van der Waals surface area contributed by atoms with Gasteiger partial charge in [-0.25, -0.2) is 0 Å². The summed E-state index contributed by atoms with van der Waals surface area (Å²) in [7, 11) is 1.89. The number of benzene rings is 2. The van der Waals surface area contributed by atoms with Crippen LogP contribution < -0.4 is 9.64 Å². The van der Waals surface area contributed by atoms with Crippen LogP contribution in [0.5, 0.6) is 5.75 Å². The zero-order valence-electron chi connectivity index (χ0n) is 17.1. The van der Waals surface area contributed by atoms with Gasteiger partial charge in [-0.05, 0) is 30.2 Å². The van der Waals surface area contributed by atoms with Gasteiger partial charge in [-0.15, -0.1) is 10.2 Å². The maximum atomic E-state index is 12.8. The van der Waals surface area contributed by atoms with Crippen molar-refractivity contribution in [3.8, 4) is 5.75 Å². The third kappa shape index (κ3) is 3.86. The predicted octanol–water partition coefficient (Wildman–Crippen LogP) is 3.62. The van der Waals surface area contributed by atoms with Crippen LogP contribution in [0.3, 0.4) is 0 Å². The van der Waals surface area contributed by atoms with E-state index in [0.29, 0.717) is 22.5 Å². The van der Waals surface area contributed by atoms with Gasteiger partial charge in [0.1, 0.15) is 17.9 Å². The zero-order valence-corrected chi connectivity index (χ0v) is 17.9. The van der Waals surface area contributed by atoms with Crippen molar-refractivity contribution in [1.29, 1.82) is 0 Å². The molecule has 1 aliphatic rings. The highest BCUT2D eigenvalue weighted by Gasteiger charge is 2.24. The van der Waals surface area contributed by atoms with E-state index in [9.17, 15) is 4.79 Å². The van der Waals surface area contributed by atoms with E-state index >= 15 is 0 Å². The Bertz CT molecular complexity index is 1250. The van der Waals surface area contributed by atoms with Gasteiger partial charge < -0.3 is 14.2 Å². The summed E-state index contributed by atoms with van der Waals surface area (Å²) in [4.78, 5) is 19.0. The van der Waals surface area contributed by atoms with Crippen molar-refractivity contribution in [2.24, 2.45) is 7.05 Å². The van der Waals surface area contributed by atoms with Crippen LogP contribution in [0.25, 0.3) is 10.9 Å². The summed E-state index contributed by atoms with van der Waals surface area (Å²) in [5.74, 6) is 1.79. The summed E-state index contributed by atoms with van der Waals surface area (Å²) in [6.07, 6.45) is 2.66. The van der Waals surface area contributed by atoms with Crippen LogP contribution >= 0.6 is 11.8 Å². The van der Waals surface area contributed by atoms with Gasteiger partial charge in [-0.3, -0.25) is 9.78 Å². The second kappa shape index (κ2) is 8.39. The number of pyridine rings is 1. The molecule has 4 aromatic rings. The molecule has 1 aliphatic heterocycles. The normalized spacial score (nSPS) is 12.9. The molecule has 0 unspecified atom stereocenters. The van der Waals surface area contributed by atoms with Crippen molar-refractivity contribution in [2.75, 3.05) is 17.2 Å². The second-order valence-corrected chi connectivity index (χ2v) is 8.23. The van der Waals surface area contributed by atoms with E-state index in [4.69, 9.17) is 4.74 Å². The molecule has 156 valence electrons. The van der Waals surface area contributed by atoms with Gasteiger partial charge in [0.05, 0.1) is 5.75 Å². The Morgan fingerprint density at radius 2 is 1.97 bits per heavy atom. The third-order valence-corrected chi connectivity index (χ3v) is 6.40. The molecule has 2 aromatic carbocycles. The maximum absolute atomic E-state index is 12.8. The number of thioether (sulfide) groups is 1. The largest absolute Gasteiger partial charge is 0.483 e. The van der Waals surface area contributed by atoms with E-state index in [0.717, 1.165) is 29.6 Å². The van der Waals surface area contributed by atoms with E-state index in [-0.39, 0.29) is 12.5 Å². The molecular weight excluding hydrogens is 410 g/mol. The first kappa shape index (κ1) is 19.6. The molecule has 2 aromatic heterocycles. The van der Waals surface area contributed by atoms with Gasteiger partial charge in [0.25, 0.3) is 0 Å². The van der Waals surface area contributed by atoms with E-state index < -0.39 is 0 Å². The summed E-state index contributed by atoms with van der Waals surface area (Å²) in [5.41, 5.74) is 3.06. The molecule has 0 aliphatic carbocycles. The van der Waals surface area contributed by atoms with Crippen LogP contribution in [-0.2, 0) is 24.9 Å². The summed E-state index contributed by atoms with van der Waals surface area (Å²) in [5, 5.41) is 10.2. The van der Waals surface area contributed by atoms with Crippen molar-refractivity contribution in [1.82, 2.24) is 19.7 Å². The summed E-state index contributed by atoms with van der Waals surface area (Å²) >= 11 is 1.39. The number of para-hydroxylation sites is 2. The lowest BCUT2D eigenvalue weighted by Crippen LogP contribution is -2.30. The summed E-state index contributed by atoms with van der Waals surface area (Å²) in [6.45, 7) is 1.00. The minimum Gasteiger partial charge on any atom is -0.483 e. The second-order valence-electron chi connectivity index (χ2n) is 7.29. The first-order chi connectivity index (χ1) is 15.2. The van der Waals surface area contributed by atoms with E-state index in [1.165, 1.54) is 17.3 Å². The van der Waals surface area contributed by atoms with Crippen molar-refractivity contribution >= 4 is 34.3 Å². The Morgan fingerprint density at radius 1 is 1.10 bits per heavy atom. The van der Waals surface area contributed by atoms with E-state index in [1.807, 2.05) is 65.0 Å². The van der Waals surface area contributed by atoms with E-state index in [1.54, 1.807) is 6.20 Å². The molecule has 0 spiro atoms. The monoisotopic (exact) mass is 431 g/mol. The van der Waals surface area contributed by atoms with Crippen molar-refractivity contribution in [3.05, 3.63) is 72.2 Å². The number of nitrogens with zero attached hydrogens (tertiary/aromatic N) is 5. The van der Waals surface area contributed by atoms with Crippen molar-refractivity contribution in [2.45, 2.75) is 18.2 Å². The number of hydrogen-bond donors (Lipinski definition) is 0. The van der Waals surface area contributed by atoms with Crippen LogP contribution in [0.2, 0.25) is 0 Å². The standard InChI is InChI=1S/C23H21N5O2S/c1-27-20(14-30-19-10-4-7-17-8-5-12-24-22(17)19)25-26-23(27)31-15-21(29)28-13-11-16-6-2-3-9-18(16)28/h2-10,12H,11,13-15H2,1H3. The number of carbonyl (C=O) groups excluding carboxylic acids is 1. The van der Waals surface area contributed by atoms with Crippen molar-refractivity contribution in [3.63, 3.8) is 0 Å². The highest BCUT2D eigenvalue weighted by Crippen LogP contribution is 2.29. The number of anilines is 1. The number of fused-ring (bicyclic) bond motifs is 2. The number of aromatic nitrogens is 4. The molecule has 1 amide bonds. The molecule has 5 rings (SSSR count). The summed E-state index contributed by atoms with van der Waals surface area (Å²) in [6, 6.07) is 17.8. The van der Waals surface area contributed by atoms with Gasteiger partial charge in [0, 0.05) is 30.9 Å². The number of amides is 1. The topological polar surface area (TPSA) is 73.1 Å². The molecule has 7 nitrogen and oxygen atoms in total. The fraction of sp³-hybridized carbons (Fsp3) is 0.217. The third-order valence-electron chi connectivity index (χ3n) is 5.39. The van der Waals surface area contributed by atoms with Crippen molar-refractivity contribution < 1.29 is 9.53 Å². The molecule has 0 saturated carbocycles. The smallest absolute Gasteiger partial charge is 0.237 e. The average molecular weight is 432 g/mol. The summed E-state index contributed by atoms with van der Waals surface area (Å²) < 4.78 is 7.84. The molecule has 31 heavy (non-hydrogen) atoms. The Morgan fingerprint density at radius 3 is 2.90 bits per heavy atom. The number of rotatable bonds is 6. The predicted molar refractivity (Wildman–Crippen MR) is 120 cm³/mol. The molecule has 0 radical (unpaired) electrons. The highest BCUT2D eigenvalue weighted by atomic mass is 32.2. The Kier molecular flexibility index (Phi) is 5.30. The molecule has 0 N–H and O–H groups in total. The van der Waals surface area contributed by atoms with E-state index in [2.05, 4.69) is 21.2 Å². The maximum Gasteiger partial charge on any atom is 0.237 e. The fourth-order valence-electron chi connectivity index (χ4n) is 3.73. The lowest BCUT2D eigenvalue weighted by molar-refractivity contribution is -0.116. The van der Waals surface area contributed by atoms with Crippen LogP contribution in [0, 0.1) is 0 Å². The Labute approximate surface area is 184 Å².